The Morgan fingerprint density at radius 1 is 1.86 bits per heavy atom. The molecule has 0 saturated carbocycles. The molecular formula is C4H7BrO2. The van der Waals surface area contributed by atoms with E-state index >= 15 is 0 Å². The Morgan fingerprint density at radius 2 is 2.43 bits per heavy atom. The van der Waals surface area contributed by atoms with Crippen LogP contribution in [0.15, 0.2) is 0 Å². The van der Waals surface area contributed by atoms with Gasteiger partial charge in [-0.15, -0.1) is 0 Å². The van der Waals surface area contributed by atoms with Crippen LogP contribution < -0.4 is 0 Å². The molecule has 0 bridgehead atoms. The number of aliphatic hydroxyl groups is 1. The molecule has 2 nitrogen and oxygen atoms in total. The average molecular weight is 167 g/mol. The summed E-state index contributed by atoms with van der Waals surface area (Å²) in [6.45, 7) is -0.0608. The number of carbonyl (C=O) groups is 1. The van der Waals surface area contributed by atoms with Crippen LogP contribution in [0.4, 0.5) is 0 Å². The topological polar surface area (TPSA) is 37.3 Å². The third-order valence-corrected chi connectivity index (χ3v) is 1.46. The normalized spacial score (nSPS) is 13.4. The Hall–Kier alpha value is 0.110. The molecular weight excluding hydrogens is 160 g/mol. The molecule has 0 amide bonds. The second-order valence-corrected chi connectivity index (χ2v) is 1.88. The van der Waals surface area contributed by atoms with E-state index < -0.39 is 0 Å². The van der Waals surface area contributed by atoms with Gasteiger partial charge in [-0.05, 0) is 0 Å². The van der Waals surface area contributed by atoms with Crippen molar-refractivity contribution >= 4 is 22.2 Å². The van der Waals surface area contributed by atoms with Gasteiger partial charge in [-0.1, -0.05) is 15.9 Å². The summed E-state index contributed by atoms with van der Waals surface area (Å²) < 4.78 is 0. The Kier molecular flexibility index (Phi) is 4.34. The van der Waals surface area contributed by atoms with Crippen LogP contribution in [0.5, 0.6) is 0 Å². The number of rotatable bonds is 3. The van der Waals surface area contributed by atoms with Gasteiger partial charge >= 0.3 is 0 Å². The van der Waals surface area contributed by atoms with Gasteiger partial charge < -0.3 is 9.90 Å². The largest absolute Gasteiger partial charge is 0.396 e. The van der Waals surface area contributed by atoms with E-state index in [9.17, 15) is 4.79 Å². The fourth-order valence-electron chi connectivity index (χ4n) is 0.128. The second kappa shape index (κ2) is 4.27. The highest BCUT2D eigenvalue weighted by Crippen LogP contribution is 1.93. The minimum atomic E-state index is -0.222. The lowest BCUT2D eigenvalue weighted by atomic mass is 10.2. The molecule has 0 radical (unpaired) electrons. The summed E-state index contributed by atoms with van der Waals surface area (Å²) in [7, 11) is 0. The van der Waals surface area contributed by atoms with Crippen molar-refractivity contribution in [3.05, 3.63) is 0 Å². The number of hydrogen-bond acceptors (Lipinski definition) is 2. The fourth-order valence-corrected chi connectivity index (χ4v) is 0.486. The smallest absolute Gasteiger partial charge is 0.126 e. The average Bonchev–Trinajstić information content (AvgIpc) is 1.72. The SMILES string of the molecule is O=C[C@H](CO)CBr. The van der Waals surface area contributed by atoms with E-state index in [0.717, 1.165) is 6.29 Å². The van der Waals surface area contributed by atoms with Gasteiger partial charge in [-0.2, -0.15) is 0 Å². The van der Waals surface area contributed by atoms with Gasteiger partial charge in [-0.3, -0.25) is 0 Å². The van der Waals surface area contributed by atoms with Crippen molar-refractivity contribution in [1.29, 1.82) is 0 Å². The van der Waals surface area contributed by atoms with Crippen molar-refractivity contribution in [2.45, 2.75) is 0 Å². The molecule has 0 aliphatic carbocycles. The van der Waals surface area contributed by atoms with E-state index in [1.54, 1.807) is 0 Å². The monoisotopic (exact) mass is 166 g/mol. The summed E-state index contributed by atoms with van der Waals surface area (Å²) >= 11 is 3.04. The van der Waals surface area contributed by atoms with Gasteiger partial charge in [0.05, 0.1) is 6.61 Å². The van der Waals surface area contributed by atoms with Gasteiger partial charge in [0.1, 0.15) is 6.29 Å². The van der Waals surface area contributed by atoms with Crippen LogP contribution in [0.2, 0.25) is 0 Å². The molecule has 0 spiro atoms. The van der Waals surface area contributed by atoms with Crippen LogP contribution in [-0.2, 0) is 4.79 Å². The van der Waals surface area contributed by atoms with E-state index in [2.05, 4.69) is 15.9 Å². The molecule has 0 fully saturated rings. The molecule has 0 aromatic carbocycles. The summed E-state index contributed by atoms with van der Waals surface area (Å²) in [5.74, 6) is -0.222. The molecule has 3 heteroatoms. The van der Waals surface area contributed by atoms with Gasteiger partial charge in [0.2, 0.25) is 0 Å². The highest BCUT2D eigenvalue weighted by Gasteiger charge is 1.99. The Balaban J connectivity index is 3.16. The first kappa shape index (κ1) is 7.11. The number of aldehydes is 1. The first-order chi connectivity index (χ1) is 3.35. The van der Waals surface area contributed by atoms with Crippen molar-refractivity contribution in [3.8, 4) is 0 Å². The maximum atomic E-state index is 9.78. The Morgan fingerprint density at radius 3 is 2.43 bits per heavy atom. The van der Waals surface area contributed by atoms with E-state index in [1.807, 2.05) is 0 Å². The minimum absolute atomic E-state index is 0.0608. The molecule has 1 N–H and O–H groups in total. The molecule has 0 rings (SSSR count). The number of aliphatic hydroxyl groups excluding tert-OH is 1. The summed E-state index contributed by atoms with van der Waals surface area (Å²) in [6, 6.07) is 0. The highest BCUT2D eigenvalue weighted by atomic mass is 79.9. The van der Waals surface area contributed by atoms with Crippen molar-refractivity contribution < 1.29 is 9.90 Å². The zero-order valence-electron chi connectivity index (χ0n) is 3.80. The molecule has 0 aliphatic heterocycles. The number of hydrogen-bond donors (Lipinski definition) is 1. The van der Waals surface area contributed by atoms with Gasteiger partial charge in [0, 0.05) is 11.2 Å². The Bertz CT molecular complexity index is 51.7. The van der Waals surface area contributed by atoms with Gasteiger partial charge in [-0.25, -0.2) is 0 Å². The summed E-state index contributed by atoms with van der Waals surface area (Å²) in [6.07, 6.45) is 0.731. The van der Waals surface area contributed by atoms with Crippen LogP contribution >= 0.6 is 15.9 Å². The minimum Gasteiger partial charge on any atom is -0.396 e. The van der Waals surface area contributed by atoms with Gasteiger partial charge in [0.25, 0.3) is 0 Å². The van der Waals surface area contributed by atoms with E-state index in [-0.39, 0.29) is 12.5 Å². The third-order valence-electron chi connectivity index (χ3n) is 0.625. The van der Waals surface area contributed by atoms with Crippen LogP contribution in [0.25, 0.3) is 0 Å². The first-order valence-electron chi connectivity index (χ1n) is 1.97. The van der Waals surface area contributed by atoms with E-state index in [4.69, 9.17) is 5.11 Å². The molecule has 42 valence electrons. The molecule has 0 unspecified atom stereocenters. The highest BCUT2D eigenvalue weighted by molar-refractivity contribution is 9.09. The third kappa shape index (κ3) is 2.76. The predicted molar refractivity (Wildman–Crippen MR) is 30.4 cm³/mol. The number of carbonyl (C=O) groups excluding carboxylic acids is 1. The van der Waals surface area contributed by atoms with E-state index in [1.165, 1.54) is 0 Å². The van der Waals surface area contributed by atoms with Gasteiger partial charge in [0.15, 0.2) is 0 Å². The van der Waals surface area contributed by atoms with Crippen LogP contribution in [0.1, 0.15) is 0 Å². The summed E-state index contributed by atoms with van der Waals surface area (Å²) in [5, 5.41) is 8.81. The zero-order valence-corrected chi connectivity index (χ0v) is 5.39. The lowest BCUT2D eigenvalue weighted by Crippen LogP contribution is -2.07. The molecule has 0 aromatic rings. The molecule has 7 heavy (non-hydrogen) atoms. The second-order valence-electron chi connectivity index (χ2n) is 1.23. The van der Waals surface area contributed by atoms with Crippen molar-refractivity contribution in [2.24, 2.45) is 5.92 Å². The summed E-state index contributed by atoms with van der Waals surface area (Å²) in [4.78, 5) is 9.78. The summed E-state index contributed by atoms with van der Waals surface area (Å²) in [5.41, 5.74) is 0. The van der Waals surface area contributed by atoms with Crippen LogP contribution in [0.3, 0.4) is 0 Å². The van der Waals surface area contributed by atoms with E-state index in [0.29, 0.717) is 5.33 Å². The maximum Gasteiger partial charge on any atom is 0.126 e. The molecule has 0 aromatic heterocycles. The fraction of sp³-hybridized carbons (Fsp3) is 0.750. The van der Waals surface area contributed by atoms with Crippen LogP contribution in [0, 0.1) is 5.92 Å². The van der Waals surface area contributed by atoms with Crippen LogP contribution in [-0.4, -0.2) is 23.3 Å². The zero-order chi connectivity index (χ0) is 5.70. The lowest BCUT2D eigenvalue weighted by molar-refractivity contribution is -0.111. The van der Waals surface area contributed by atoms with Crippen molar-refractivity contribution in [1.82, 2.24) is 0 Å². The maximum absolute atomic E-state index is 9.78. The molecule has 0 heterocycles. The molecule has 0 saturated heterocycles. The lowest BCUT2D eigenvalue weighted by Gasteiger charge is -1.95. The molecule has 0 aliphatic rings. The van der Waals surface area contributed by atoms with Crippen molar-refractivity contribution in [2.75, 3.05) is 11.9 Å². The number of halogens is 1. The number of alkyl halides is 1. The molecule has 1 atom stereocenters. The standard InChI is InChI=1S/C4H7BrO2/c5-1-4(2-6)3-7/h2,4,7H,1,3H2/t4-/m1/s1. The Labute approximate surface area is 50.7 Å². The van der Waals surface area contributed by atoms with Crippen molar-refractivity contribution in [3.63, 3.8) is 0 Å². The predicted octanol–water partition coefficient (Wildman–Crippen LogP) is 0.189. The first-order valence-corrected chi connectivity index (χ1v) is 3.09. The quantitative estimate of drug-likeness (QED) is 0.481.